The molecule has 0 saturated carbocycles. The highest BCUT2D eigenvalue weighted by molar-refractivity contribution is 14.0. The molecule has 0 aliphatic heterocycles. The SMILES string of the molecule is CCNC(=NCCc1ccccc1Cl)N(C)Cc1cccn1C.I. The van der Waals surface area contributed by atoms with Crippen molar-refractivity contribution in [3.63, 3.8) is 0 Å². The van der Waals surface area contributed by atoms with Gasteiger partial charge in [0, 0.05) is 44.1 Å². The van der Waals surface area contributed by atoms with E-state index in [1.54, 1.807) is 0 Å². The fraction of sp³-hybridized carbons (Fsp3) is 0.389. The van der Waals surface area contributed by atoms with Gasteiger partial charge in [-0.1, -0.05) is 29.8 Å². The predicted octanol–water partition coefficient (Wildman–Crippen LogP) is 3.94. The first-order chi connectivity index (χ1) is 11.1. The molecule has 0 bridgehead atoms. The summed E-state index contributed by atoms with van der Waals surface area (Å²) in [6.07, 6.45) is 2.90. The largest absolute Gasteiger partial charge is 0.357 e. The van der Waals surface area contributed by atoms with Crippen molar-refractivity contribution in [3.05, 3.63) is 58.9 Å². The van der Waals surface area contributed by atoms with Crippen LogP contribution in [0.2, 0.25) is 5.02 Å². The van der Waals surface area contributed by atoms with Gasteiger partial charge in [0.1, 0.15) is 0 Å². The van der Waals surface area contributed by atoms with E-state index in [1.165, 1.54) is 5.69 Å². The zero-order valence-electron chi connectivity index (χ0n) is 14.5. The Labute approximate surface area is 166 Å². The lowest BCUT2D eigenvalue weighted by atomic mass is 10.1. The molecule has 2 aromatic rings. The van der Waals surface area contributed by atoms with E-state index < -0.39 is 0 Å². The van der Waals surface area contributed by atoms with Crippen LogP contribution in [0.4, 0.5) is 0 Å². The summed E-state index contributed by atoms with van der Waals surface area (Å²) in [5.41, 5.74) is 2.39. The van der Waals surface area contributed by atoms with Crippen molar-refractivity contribution in [3.8, 4) is 0 Å². The third-order valence-corrected chi connectivity index (χ3v) is 4.12. The van der Waals surface area contributed by atoms with E-state index in [2.05, 4.69) is 60.2 Å². The number of hydrogen-bond donors (Lipinski definition) is 1. The quantitative estimate of drug-likeness (QED) is 0.402. The van der Waals surface area contributed by atoms with Crippen LogP contribution >= 0.6 is 35.6 Å². The Bertz CT molecular complexity index is 654. The highest BCUT2D eigenvalue weighted by Gasteiger charge is 2.08. The zero-order chi connectivity index (χ0) is 16.7. The van der Waals surface area contributed by atoms with Crippen molar-refractivity contribution in [2.24, 2.45) is 12.0 Å². The fourth-order valence-electron chi connectivity index (χ4n) is 2.43. The standard InChI is InChI=1S/C18H25ClN4.HI/c1-4-20-18(23(3)14-16-9-7-13-22(16)2)21-12-11-15-8-5-6-10-17(15)19;/h5-10,13H,4,11-12,14H2,1-3H3,(H,20,21);1H. The molecule has 1 N–H and O–H groups in total. The zero-order valence-corrected chi connectivity index (χ0v) is 17.6. The van der Waals surface area contributed by atoms with Gasteiger partial charge in [-0.3, -0.25) is 4.99 Å². The Kier molecular flexibility index (Phi) is 9.21. The van der Waals surface area contributed by atoms with Crippen molar-refractivity contribution in [1.82, 2.24) is 14.8 Å². The summed E-state index contributed by atoms with van der Waals surface area (Å²) in [5, 5.41) is 4.16. The van der Waals surface area contributed by atoms with Crippen molar-refractivity contribution >= 4 is 41.5 Å². The first-order valence-corrected chi connectivity index (χ1v) is 8.32. The van der Waals surface area contributed by atoms with Gasteiger partial charge in [0.05, 0.1) is 6.54 Å². The molecule has 24 heavy (non-hydrogen) atoms. The molecule has 0 amide bonds. The van der Waals surface area contributed by atoms with Crippen molar-refractivity contribution in [2.75, 3.05) is 20.1 Å². The number of halogens is 2. The number of aryl methyl sites for hydroxylation is 1. The van der Waals surface area contributed by atoms with Gasteiger partial charge in [-0.15, -0.1) is 24.0 Å². The summed E-state index contributed by atoms with van der Waals surface area (Å²) in [6, 6.07) is 12.1. The van der Waals surface area contributed by atoms with Crippen molar-refractivity contribution < 1.29 is 0 Å². The molecule has 0 spiro atoms. The maximum Gasteiger partial charge on any atom is 0.194 e. The maximum absolute atomic E-state index is 6.20. The maximum atomic E-state index is 6.20. The smallest absolute Gasteiger partial charge is 0.194 e. The second-order valence-corrected chi connectivity index (χ2v) is 5.95. The van der Waals surface area contributed by atoms with E-state index in [1.807, 2.05) is 18.2 Å². The molecule has 0 atom stereocenters. The number of benzene rings is 1. The number of hydrogen-bond acceptors (Lipinski definition) is 1. The van der Waals surface area contributed by atoms with E-state index in [-0.39, 0.29) is 24.0 Å². The molecule has 0 unspecified atom stereocenters. The molecule has 132 valence electrons. The van der Waals surface area contributed by atoms with E-state index in [9.17, 15) is 0 Å². The number of aliphatic imine (C=N–C) groups is 1. The van der Waals surface area contributed by atoms with Gasteiger partial charge >= 0.3 is 0 Å². The lowest BCUT2D eigenvalue weighted by molar-refractivity contribution is 0.462. The van der Waals surface area contributed by atoms with Gasteiger partial charge in [0.2, 0.25) is 0 Å². The molecule has 6 heteroatoms. The second-order valence-electron chi connectivity index (χ2n) is 5.54. The molecule has 0 radical (unpaired) electrons. The minimum atomic E-state index is 0. The highest BCUT2D eigenvalue weighted by atomic mass is 127. The number of nitrogens with zero attached hydrogens (tertiary/aromatic N) is 3. The Morgan fingerprint density at radius 2 is 2.00 bits per heavy atom. The molecule has 1 aromatic heterocycles. The Morgan fingerprint density at radius 1 is 1.25 bits per heavy atom. The Balaban J connectivity index is 0.00000288. The van der Waals surface area contributed by atoms with Gasteiger partial charge in [0.15, 0.2) is 5.96 Å². The van der Waals surface area contributed by atoms with Crippen LogP contribution < -0.4 is 5.32 Å². The first-order valence-electron chi connectivity index (χ1n) is 7.95. The van der Waals surface area contributed by atoms with Gasteiger partial charge in [-0.05, 0) is 37.1 Å². The van der Waals surface area contributed by atoms with Crippen LogP contribution in [-0.2, 0) is 20.0 Å². The molecule has 2 rings (SSSR count). The average Bonchev–Trinajstić information content (AvgIpc) is 2.93. The molecule has 0 aliphatic carbocycles. The average molecular weight is 461 g/mol. The third kappa shape index (κ3) is 6.02. The van der Waals surface area contributed by atoms with Crippen LogP contribution in [0.5, 0.6) is 0 Å². The summed E-state index contributed by atoms with van der Waals surface area (Å²) in [7, 11) is 4.12. The summed E-state index contributed by atoms with van der Waals surface area (Å²) >= 11 is 6.20. The molecule has 0 saturated heterocycles. The first kappa shape index (κ1) is 20.8. The molecular formula is C18H26ClIN4. The Morgan fingerprint density at radius 3 is 2.62 bits per heavy atom. The van der Waals surface area contributed by atoms with Gasteiger partial charge in [0.25, 0.3) is 0 Å². The lowest BCUT2D eigenvalue weighted by Gasteiger charge is -2.22. The number of aromatic nitrogens is 1. The van der Waals surface area contributed by atoms with Crippen LogP contribution in [0, 0.1) is 0 Å². The van der Waals surface area contributed by atoms with Gasteiger partial charge in [-0.2, -0.15) is 0 Å². The van der Waals surface area contributed by atoms with Crippen LogP contribution in [0.25, 0.3) is 0 Å². The molecule has 1 heterocycles. The van der Waals surface area contributed by atoms with Gasteiger partial charge < -0.3 is 14.8 Å². The molecule has 1 aromatic carbocycles. The summed E-state index contributed by atoms with van der Waals surface area (Å²) < 4.78 is 2.13. The summed E-state index contributed by atoms with van der Waals surface area (Å²) in [4.78, 5) is 6.87. The number of rotatable bonds is 6. The minimum absolute atomic E-state index is 0. The van der Waals surface area contributed by atoms with E-state index in [0.717, 1.165) is 36.1 Å². The van der Waals surface area contributed by atoms with E-state index in [4.69, 9.17) is 16.6 Å². The van der Waals surface area contributed by atoms with Crippen molar-refractivity contribution in [2.45, 2.75) is 19.9 Å². The monoisotopic (exact) mass is 460 g/mol. The normalized spacial score (nSPS) is 11.1. The van der Waals surface area contributed by atoms with Gasteiger partial charge in [-0.25, -0.2) is 0 Å². The molecule has 0 aliphatic rings. The van der Waals surface area contributed by atoms with E-state index >= 15 is 0 Å². The molecule has 0 fully saturated rings. The fourth-order valence-corrected chi connectivity index (χ4v) is 2.66. The summed E-state index contributed by atoms with van der Waals surface area (Å²) in [6.45, 7) is 4.47. The van der Waals surface area contributed by atoms with Crippen molar-refractivity contribution in [1.29, 1.82) is 0 Å². The topological polar surface area (TPSA) is 32.6 Å². The highest BCUT2D eigenvalue weighted by Crippen LogP contribution is 2.15. The summed E-state index contributed by atoms with van der Waals surface area (Å²) in [5.74, 6) is 0.917. The van der Waals surface area contributed by atoms with Crippen LogP contribution in [0.15, 0.2) is 47.6 Å². The lowest BCUT2D eigenvalue weighted by Crippen LogP contribution is -2.39. The Hall–Kier alpha value is -1.21. The predicted molar refractivity (Wildman–Crippen MR) is 113 cm³/mol. The van der Waals surface area contributed by atoms with Crippen LogP contribution in [0.1, 0.15) is 18.2 Å². The van der Waals surface area contributed by atoms with Crippen LogP contribution in [-0.4, -0.2) is 35.6 Å². The number of nitrogens with one attached hydrogen (secondary N) is 1. The molecule has 4 nitrogen and oxygen atoms in total. The minimum Gasteiger partial charge on any atom is -0.357 e. The second kappa shape index (κ2) is 10.6. The molecular weight excluding hydrogens is 435 g/mol. The number of guanidine groups is 1. The van der Waals surface area contributed by atoms with Crippen LogP contribution in [0.3, 0.4) is 0 Å². The van der Waals surface area contributed by atoms with E-state index in [0.29, 0.717) is 6.54 Å². The third-order valence-electron chi connectivity index (χ3n) is 3.75.